The van der Waals surface area contributed by atoms with E-state index < -0.39 is 0 Å². The van der Waals surface area contributed by atoms with Gasteiger partial charge in [0.05, 0.1) is 0 Å². The molecule has 66 valence electrons. The highest BCUT2D eigenvalue weighted by molar-refractivity contribution is 9.10. The van der Waals surface area contributed by atoms with E-state index in [0.717, 1.165) is 10.0 Å². The molecular formula is C9H11BrClN. The summed E-state index contributed by atoms with van der Waals surface area (Å²) in [4.78, 5) is 1.96. The van der Waals surface area contributed by atoms with Gasteiger partial charge in [0.15, 0.2) is 0 Å². The molecule has 0 aliphatic rings. The molecule has 0 aliphatic carbocycles. The third-order valence-electron chi connectivity index (χ3n) is 1.62. The molecule has 0 saturated carbocycles. The monoisotopic (exact) mass is 247 g/mol. The number of benzene rings is 1. The zero-order valence-electron chi connectivity index (χ0n) is 7.09. The van der Waals surface area contributed by atoms with Crippen LogP contribution in [-0.4, -0.2) is 19.0 Å². The standard InChI is InChI=1S/C9H11BrClN/c1-12(2)9(11)7-5-3-4-6-8(7)10/h3-6,9H,1-2H3. The fourth-order valence-electron chi connectivity index (χ4n) is 0.946. The second-order valence-electron chi connectivity index (χ2n) is 2.82. The van der Waals surface area contributed by atoms with Crippen LogP contribution in [0.4, 0.5) is 0 Å². The zero-order valence-corrected chi connectivity index (χ0v) is 9.43. The van der Waals surface area contributed by atoms with Gasteiger partial charge >= 0.3 is 0 Å². The number of hydrogen-bond donors (Lipinski definition) is 0. The van der Waals surface area contributed by atoms with Crippen molar-refractivity contribution >= 4 is 27.5 Å². The van der Waals surface area contributed by atoms with Crippen LogP contribution in [0.1, 0.15) is 11.1 Å². The minimum atomic E-state index is -0.0689. The molecule has 1 rings (SSSR count). The fourth-order valence-corrected chi connectivity index (χ4v) is 1.77. The van der Waals surface area contributed by atoms with E-state index >= 15 is 0 Å². The van der Waals surface area contributed by atoms with Crippen molar-refractivity contribution in [3.05, 3.63) is 34.3 Å². The van der Waals surface area contributed by atoms with Crippen molar-refractivity contribution in [2.45, 2.75) is 5.50 Å². The summed E-state index contributed by atoms with van der Waals surface area (Å²) in [6.45, 7) is 0. The maximum absolute atomic E-state index is 6.14. The van der Waals surface area contributed by atoms with E-state index in [2.05, 4.69) is 15.9 Å². The average Bonchev–Trinajstić information content (AvgIpc) is 2.04. The first kappa shape index (κ1) is 10.0. The van der Waals surface area contributed by atoms with Crippen molar-refractivity contribution < 1.29 is 0 Å². The smallest absolute Gasteiger partial charge is 0.111 e. The first-order valence-electron chi connectivity index (χ1n) is 3.68. The van der Waals surface area contributed by atoms with Crippen LogP contribution >= 0.6 is 27.5 Å². The first-order chi connectivity index (χ1) is 5.63. The van der Waals surface area contributed by atoms with Gasteiger partial charge in [-0.2, -0.15) is 0 Å². The molecule has 12 heavy (non-hydrogen) atoms. The molecule has 0 N–H and O–H groups in total. The van der Waals surface area contributed by atoms with Crippen LogP contribution in [0, 0.1) is 0 Å². The van der Waals surface area contributed by atoms with Crippen molar-refractivity contribution in [1.29, 1.82) is 0 Å². The van der Waals surface area contributed by atoms with E-state index in [1.807, 2.05) is 43.3 Å². The molecule has 1 aromatic rings. The van der Waals surface area contributed by atoms with E-state index in [9.17, 15) is 0 Å². The predicted molar refractivity (Wildman–Crippen MR) is 56.4 cm³/mol. The van der Waals surface area contributed by atoms with Gasteiger partial charge in [0.25, 0.3) is 0 Å². The summed E-state index contributed by atoms with van der Waals surface area (Å²) in [5, 5.41) is 0. The first-order valence-corrected chi connectivity index (χ1v) is 4.91. The molecule has 1 atom stereocenters. The molecule has 0 amide bonds. The number of rotatable bonds is 2. The summed E-state index contributed by atoms with van der Waals surface area (Å²) in [5.41, 5.74) is 1.03. The molecule has 0 aliphatic heterocycles. The highest BCUT2D eigenvalue weighted by atomic mass is 79.9. The Morgan fingerprint density at radius 1 is 1.33 bits per heavy atom. The number of halogens is 2. The van der Waals surface area contributed by atoms with Gasteiger partial charge in [0.1, 0.15) is 5.50 Å². The van der Waals surface area contributed by atoms with Crippen molar-refractivity contribution in [2.75, 3.05) is 14.1 Å². The van der Waals surface area contributed by atoms with E-state index in [1.54, 1.807) is 0 Å². The van der Waals surface area contributed by atoms with E-state index in [4.69, 9.17) is 11.6 Å². The Hall–Kier alpha value is -0.0500. The van der Waals surface area contributed by atoms with Crippen LogP contribution in [0.2, 0.25) is 0 Å². The lowest BCUT2D eigenvalue weighted by Gasteiger charge is -2.18. The van der Waals surface area contributed by atoms with E-state index in [1.165, 1.54) is 0 Å². The second kappa shape index (κ2) is 4.26. The van der Waals surface area contributed by atoms with Crippen LogP contribution in [0.5, 0.6) is 0 Å². The Labute approximate surface area is 86.5 Å². The van der Waals surface area contributed by atoms with Crippen molar-refractivity contribution in [1.82, 2.24) is 4.90 Å². The van der Waals surface area contributed by atoms with Gasteiger partial charge < -0.3 is 0 Å². The lowest BCUT2D eigenvalue weighted by Crippen LogP contribution is -2.14. The summed E-state index contributed by atoms with van der Waals surface area (Å²) in [6, 6.07) is 7.97. The second-order valence-corrected chi connectivity index (χ2v) is 4.09. The summed E-state index contributed by atoms with van der Waals surface area (Å²) in [7, 11) is 3.91. The molecule has 0 saturated heterocycles. The van der Waals surface area contributed by atoms with Gasteiger partial charge in [0, 0.05) is 4.47 Å². The number of hydrogen-bond acceptors (Lipinski definition) is 1. The van der Waals surface area contributed by atoms with Gasteiger partial charge in [-0.3, -0.25) is 4.90 Å². The van der Waals surface area contributed by atoms with E-state index in [-0.39, 0.29) is 5.50 Å². The Morgan fingerprint density at radius 3 is 2.42 bits per heavy atom. The van der Waals surface area contributed by atoms with Gasteiger partial charge in [0.2, 0.25) is 0 Å². The highest BCUT2D eigenvalue weighted by Gasteiger charge is 2.11. The van der Waals surface area contributed by atoms with Gasteiger partial charge in [-0.25, -0.2) is 0 Å². The van der Waals surface area contributed by atoms with Crippen LogP contribution < -0.4 is 0 Å². The Kier molecular flexibility index (Phi) is 3.56. The minimum Gasteiger partial charge on any atom is -0.290 e. The topological polar surface area (TPSA) is 3.24 Å². The maximum atomic E-state index is 6.14. The van der Waals surface area contributed by atoms with Gasteiger partial charge in [-0.15, -0.1) is 11.6 Å². The third-order valence-corrected chi connectivity index (χ3v) is 2.96. The third kappa shape index (κ3) is 2.22. The molecular weight excluding hydrogens is 237 g/mol. The lowest BCUT2D eigenvalue weighted by molar-refractivity contribution is 0.384. The molecule has 0 bridgehead atoms. The Balaban J connectivity index is 2.94. The molecule has 0 radical (unpaired) electrons. The summed E-state index contributed by atoms with van der Waals surface area (Å²) >= 11 is 9.60. The quantitative estimate of drug-likeness (QED) is 0.574. The summed E-state index contributed by atoms with van der Waals surface area (Å²) < 4.78 is 1.05. The largest absolute Gasteiger partial charge is 0.290 e. The maximum Gasteiger partial charge on any atom is 0.111 e. The van der Waals surface area contributed by atoms with Crippen molar-refractivity contribution in [3.8, 4) is 0 Å². The lowest BCUT2D eigenvalue weighted by atomic mass is 10.2. The van der Waals surface area contributed by atoms with Gasteiger partial charge in [-0.05, 0) is 25.7 Å². The SMILES string of the molecule is CN(C)C(Cl)c1ccccc1Br. The predicted octanol–water partition coefficient (Wildman–Crippen LogP) is 3.25. The normalized spacial score (nSPS) is 13.4. The number of nitrogens with zero attached hydrogens (tertiary/aromatic N) is 1. The Bertz CT molecular complexity index is 262. The van der Waals surface area contributed by atoms with Crippen LogP contribution in [0.3, 0.4) is 0 Å². The molecule has 0 fully saturated rings. The summed E-state index contributed by atoms with van der Waals surface area (Å²) in [5.74, 6) is 0. The zero-order chi connectivity index (χ0) is 9.14. The molecule has 0 spiro atoms. The summed E-state index contributed by atoms with van der Waals surface area (Å²) in [6.07, 6.45) is 0. The molecule has 0 heterocycles. The van der Waals surface area contributed by atoms with Crippen LogP contribution in [0.15, 0.2) is 28.7 Å². The van der Waals surface area contributed by atoms with Crippen LogP contribution in [-0.2, 0) is 0 Å². The van der Waals surface area contributed by atoms with Gasteiger partial charge in [-0.1, -0.05) is 34.1 Å². The molecule has 1 aromatic carbocycles. The van der Waals surface area contributed by atoms with Crippen molar-refractivity contribution in [3.63, 3.8) is 0 Å². The van der Waals surface area contributed by atoms with Crippen LogP contribution in [0.25, 0.3) is 0 Å². The van der Waals surface area contributed by atoms with E-state index in [0.29, 0.717) is 0 Å². The molecule has 1 nitrogen and oxygen atoms in total. The number of alkyl halides is 1. The average molecular weight is 249 g/mol. The molecule has 3 heteroatoms. The highest BCUT2D eigenvalue weighted by Crippen LogP contribution is 2.28. The van der Waals surface area contributed by atoms with Crippen molar-refractivity contribution in [2.24, 2.45) is 0 Å². The minimum absolute atomic E-state index is 0.0689. The fraction of sp³-hybridized carbons (Fsp3) is 0.333. The molecule has 1 unspecified atom stereocenters. The molecule has 0 aromatic heterocycles. The Morgan fingerprint density at radius 2 is 1.92 bits per heavy atom.